The number of fused-ring (bicyclic) bond motifs is 10. The zero-order valence-corrected chi connectivity index (χ0v) is 32.4. The molecule has 0 fully saturated rings. The molecule has 0 saturated carbocycles. The van der Waals surface area contributed by atoms with Gasteiger partial charge in [0.25, 0.3) is 0 Å². The lowest BCUT2D eigenvalue weighted by Gasteiger charge is -2.23. The average molecular weight is 739 g/mol. The van der Waals surface area contributed by atoms with E-state index in [0.717, 1.165) is 21.9 Å². The molecule has 0 bridgehead atoms. The van der Waals surface area contributed by atoms with Crippen LogP contribution in [0.3, 0.4) is 0 Å². The van der Waals surface area contributed by atoms with Crippen LogP contribution in [0.25, 0.3) is 110 Å². The molecular formula is C57H38O. The Kier molecular flexibility index (Phi) is 7.04. The van der Waals surface area contributed by atoms with Crippen LogP contribution in [-0.4, -0.2) is 0 Å². The molecular weight excluding hydrogens is 701 g/mol. The van der Waals surface area contributed by atoms with E-state index in [1.807, 2.05) is 12.1 Å². The summed E-state index contributed by atoms with van der Waals surface area (Å²) in [5, 5.41) is 9.93. The largest absolute Gasteiger partial charge is 0.456 e. The fourth-order valence-corrected chi connectivity index (χ4v) is 10.2. The van der Waals surface area contributed by atoms with Gasteiger partial charge in [-0.2, -0.15) is 0 Å². The van der Waals surface area contributed by atoms with Gasteiger partial charge in [0.2, 0.25) is 0 Å². The van der Waals surface area contributed by atoms with Crippen LogP contribution in [0, 0.1) is 0 Å². The molecule has 0 aliphatic heterocycles. The Morgan fingerprint density at radius 3 is 1.57 bits per heavy atom. The summed E-state index contributed by atoms with van der Waals surface area (Å²) in [6.07, 6.45) is 0. The monoisotopic (exact) mass is 738 g/mol. The van der Waals surface area contributed by atoms with Gasteiger partial charge < -0.3 is 4.42 Å². The molecule has 11 aromatic rings. The van der Waals surface area contributed by atoms with Crippen molar-refractivity contribution in [2.24, 2.45) is 0 Å². The van der Waals surface area contributed by atoms with Gasteiger partial charge in [-0.15, -0.1) is 0 Å². The Bertz CT molecular complexity index is 3430. The topological polar surface area (TPSA) is 13.1 Å². The van der Waals surface area contributed by atoms with Crippen molar-refractivity contribution in [3.63, 3.8) is 0 Å². The fraction of sp³-hybridized carbons (Fsp3) is 0.0526. The maximum Gasteiger partial charge on any atom is 0.135 e. The van der Waals surface area contributed by atoms with E-state index >= 15 is 0 Å². The third-order valence-corrected chi connectivity index (χ3v) is 12.8. The SMILES string of the molecule is CC1(C)c2cccc(-c3cccc(-c4c5ccccc5c(-c5cccc(-c6ccc7oc8ccccc8c7c6)c5)c5ccccc45)c3)c2-c2ccc3ccccc3c21. The second kappa shape index (κ2) is 12.4. The Morgan fingerprint density at radius 2 is 0.862 bits per heavy atom. The molecule has 1 heterocycles. The van der Waals surface area contributed by atoms with Crippen LogP contribution in [-0.2, 0) is 5.41 Å². The van der Waals surface area contributed by atoms with E-state index in [9.17, 15) is 0 Å². The molecule has 10 aromatic carbocycles. The zero-order valence-electron chi connectivity index (χ0n) is 32.4. The number of furan rings is 1. The van der Waals surface area contributed by atoms with Crippen molar-refractivity contribution in [3.05, 3.63) is 205 Å². The van der Waals surface area contributed by atoms with E-state index in [2.05, 4.69) is 196 Å². The maximum absolute atomic E-state index is 6.17. The van der Waals surface area contributed by atoms with Crippen LogP contribution in [0.1, 0.15) is 25.0 Å². The summed E-state index contributed by atoms with van der Waals surface area (Å²) in [4.78, 5) is 0. The van der Waals surface area contributed by atoms with Gasteiger partial charge in [0.1, 0.15) is 11.2 Å². The summed E-state index contributed by atoms with van der Waals surface area (Å²) in [5.41, 5.74) is 17.1. The molecule has 0 unspecified atom stereocenters. The van der Waals surface area contributed by atoms with Gasteiger partial charge in [0.15, 0.2) is 0 Å². The lowest BCUT2D eigenvalue weighted by atomic mass is 9.80. The summed E-state index contributed by atoms with van der Waals surface area (Å²) < 4.78 is 6.17. The van der Waals surface area contributed by atoms with Gasteiger partial charge in [0.05, 0.1) is 0 Å². The average Bonchev–Trinajstić information content (AvgIpc) is 3.77. The Labute approximate surface area is 337 Å². The standard InChI is InChI=1S/C57H38O/c1-57(2)50-26-13-25-41(55(50)48-30-28-35-14-3-4-19-42(35)56(48)57)38-16-12-18-40(33-38)54-46-23-7-5-21-44(46)53(45-22-6-8-24-47(45)54)39-17-11-15-36(32-39)37-29-31-52-49(34-37)43-20-9-10-27-51(43)58-52/h3-34H,1-2H3. The number of para-hydroxylation sites is 1. The van der Waals surface area contributed by atoms with Crippen molar-refractivity contribution in [2.45, 2.75) is 19.3 Å². The van der Waals surface area contributed by atoms with Gasteiger partial charge in [-0.05, 0) is 129 Å². The molecule has 1 nitrogen and oxygen atoms in total. The first-order valence-electron chi connectivity index (χ1n) is 20.3. The van der Waals surface area contributed by atoms with E-state index in [-0.39, 0.29) is 5.41 Å². The highest BCUT2D eigenvalue weighted by Gasteiger charge is 2.38. The van der Waals surface area contributed by atoms with Crippen LogP contribution in [0.2, 0.25) is 0 Å². The first kappa shape index (κ1) is 33.0. The molecule has 1 aromatic heterocycles. The summed E-state index contributed by atoms with van der Waals surface area (Å²) in [6.45, 7) is 4.78. The van der Waals surface area contributed by atoms with Gasteiger partial charge in [0, 0.05) is 16.2 Å². The van der Waals surface area contributed by atoms with Gasteiger partial charge in [-0.1, -0.05) is 178 Å². The van der Waals surface area contributed by atoms with E-state index < -0.39 is 0 Å². The predicted molar refractivity (Wildman–Crippen MR) is 246 cm³/mol. The van der Waals surface area contributed by atoms with Gasteiger partial charge >= 0.3 is 0 Å². The van der Waals surface area contributed by atoms with E-state index in [4.69, 9.17) is 4.42 Å². The molecule has 0 atom stereocenters. The molecule has 1 heteroatoms. The van der Waals surface area contributed by atoms with Gasteiger partial charge in [-0.25, -0.2) is 0 Å². The molecule has 0 N–H and O–H groups in total. The lowest BCUT2D eigenvalue weighted by Crippen LogP contribution is -2.15. The predicted octanol–water partition coefficient (Wildman–Crippen LogP) is 16.0. The first-order chi connectivity index (χ1) is 28.5. The molecule has 58 heavy (non-hydrogen) atoms. The normalized spacial score (nSPS) is 13.1. The first-order valence-corrected chi connectivity index (χ1v) is 20.3. The van der Waals surface area contributed by atoms with Crippen LogP contribution in [0.15, 0.2) is 199 Å². The second-order valence-corrected chi connectivity index (χ2v) is 16.4. The van der Waals surface area contributed by atoms with Crippen molar-refractivity contribution in [2.75, 3.05) is 0 Å². The highest BCUT2D eigenvalue weighted by molar-refractivity contribution is 6.21. The molecule has 1 aliphatic carbocycles. The maximum atomic E-state index is 6.17. The smallest absolute Gasteiger partial charge is 0.135 e. The second-order valence-electron chi connectivity index (χ2n) is 16.4. The summed E-state index contributed by atoms with van der Waals surface area (Å²) >= 11 is 0. The summed E-state index contributed by atoms with van der Waals surface area (Å²) in [5.74, 6) is 0. The molecule has 0 saturated heterocycles. The zero-order chi connectivity index (χ0) is 38.5. The lowest BCUT2D eigenvalue weighted by molar-refractivity contribution is 0.666. The highest BCUT2D eigenvalue weighted by Crippen LogP contribution is 2.54. The van der Waals surface area contributed by atoms with Crippen LogP contribution in [0.5, 0.6) is 0 Å². The molecule has 272 valence electrons. The fourth-order valence-electron chi connectivity index (χ4n) is 10.2. The van der Waals surface area contributed by atoms with Crippen molar-refractivity contribution in [3.8, 4) is 55.6 Å². The summed E-state index contributed by atoms with van der Waals surface area (Å²) in [7, 11) is 0. The quantitative estimate of drug-likeness (QED) is 0.164. The third kappa shape index (κ3) is 4.77. The Balaban J connectivity index is 1.03. The number of hydrogen-bond donors (Lipinski definition) is 0. The van der Waals surface area contributed by atoms with Crippen LogP contribution < -0.4 is 0 Å². The van der Waals surface area contributed by atoms with E-state index in [1.54, 1.807) is 0 Å². The minimum atomic E-state index is -0.112. The van der Waals surface area contributed by atoms with Crippen molar-refractivity contribution in [1.82, 2.24) is 0 Å². The molecule has 0 amide bonds. The minimum Gasteiger partial charge on any atom is -0.456 e. The van der Waals surface area contributed by atoms with Crippen molar-refractivity contribution < 1.29 is 4.42 Å². The van der Waals surface area contributed by atoms with Crippen molar-refractivity contribution >= 4 is 54.3 Å². The Morgan fingerprint density at radius 1 is 0.328 bits per heavy atom. The molecule has 1 aliphatic rings. The molecule has 0 spiro atoms. The molecule has 0 radical (unpaired) electrons. The minimum absolute atomic E-state index is 0.112. The number of hydrogen-bond acceptors (Lipinski definition) is 1. The number of rotatable bonds is 4. The van der Waals surface area contributed by atoms with Crippen molar-refractivity contribution in [1.29, 1.82) is 0 Å². The van der Waals surface area contributed by atoms with Crippen LogP contribution >= 0.6 is 0 Å². The van der Waals surface area contributed by atoms with Crippen LogP contribution in [0.4, 0.5) is 0 Å². The van der Waals surface area contributed by atoms with E-state index in [1.165, 1.54) is 99.1 Å². The van der Waals surface area contributed by atoms with Gasteiger partial charge in [-0.3, -0.25) is 0 Å². The van der Waals surface area contributed by atoms with E-state index in [0.29, 0.717) is 0 Å². The summed E-state index contributed by atoms with van der Waals surface area (Å²) in [6, 6.07) is 71.5. The molecule has 12 rings (SSSR count). The number of benzene rings is 10. The third-order valence-electron chi connectivity index (χ3n) is 12.8. The Hall–Kier alpha value is -7.22. The highest BCUT2D eigenvalue weighted by atomic mass is 16.3.